The van der Waals surface area contributed by atoms with Crippen molar-refractivity contribution in [1.82, 2.24) is 0 Å². The summed E-state index contributed by atoms with van der Waals surface area (Å²) in [6.45, 7) is 2.30. The summed E-state index contributed by atoms with van der Waals surface area (Å²) in [6, 6.07) is 13.1. The van der Waals surface area contributed by atoms with Gasteiger partial charge in [-0.05, 0) is 41.8 Å². The van der Waals surface area contributed by atoms with Crippen molar-refractivity contribution < 1.29 is 9.84 Å². The maximum atomic E-state index is 10.7. The summed E-state index contributed by atoms with van der Waals surface area (Å²) in [4.78, 5) is 0. The van der Waals surface area contributed by atoms with Crippen LogP contribution < -0.4 is 10.5 Å². The molecule has 0 amide bonds. The van der Waals surface area contributed by atoms with E-state index in [2.05, 4.69) is 0 Å². The zero-order valence-electron chi connectivity index (χ0n) is 12.2. The maximum absolute atomic E-state index is 10.7. The molecule has 0 aliphatic carbocycles. The minimum atomic E-state index is -0.706. The summed E-state index contributed by atoms with van der Waals surface area (Å²) >= 11 is 6.02. The molecule has 2 aromatic rings. The second kappa shape index (κ2) is 6.94. The third-order valence-corrected chi connectivity index (χ3v) is 3.92. The van der Waals surface area contributed by atoms with Crippen molar-refractivity contribution in [2.75, 3.05) is 13.7 Å². The predicted octanol–water partition coefficient (Wildman–Crippen LogP) is 3.43. The van der Waals surface area contributed by atoms with Crippen molar-refractivity contribution in [3.05, 3.63) is 64.2 Å². The lowest BCUT2D eigenvalue weighted by molar-refractivity contribution is 0.147. The zero-order chi connectivity index (χ0) is 15.4. The van der Waals surface area contributed by atoms with Gasteiger partial charge in [-0.2, -0.15) is 0 Å². The molecule has 0 bridgehead atoms. The van der Waals surface area contributed by atoms with Crippen molar-refractivity contribution in [2.45, 2.75) is 18.9 Å². The molecule has 0 fully saturated rings. The third kappa shape index (κ3) is 3.56. The number of benzene rings is 2. The molecule has 0 spiro atoms. The molecule has 0 aromatic heterocycles. The molecule has 0 heterocycles. The largest absolute Gasteiger partial charge is 0.496 e. The number of aryl methyl sites for hydroxylation is 1. The van der Waals surface area contributed by atoms with Crippen molar-refractivity contribution in [3.63, 3.8) is 0 Å². The molecule has 2 atom stereocenters. The summed E-state index contributed by atoms with van der Waals surface area (Å²) in [5.41, 5.74) is 8.60. The zero-order valence-corrected chi connectivity index (χ0v) is 13.0. The monoisotopic (exact) mass is 305 g/mol. The van der Waals surface area contributed by atoms with Crippen molar-refractivity contribution in [1.29, 1.82) is 0 Å². The second-order valence-corrected chi connectivity index (χ2v) is 5.51. The Balaban J connectivity index is 2.34. The van der Waals surface area contributed by atoms with Crippen LogP contribution in [-0.2, 0) is 0 Å². The number of halogens is 1. The number of hydrogen-bond acceptors (Lipinski definition) is 3. The minimum Gasteiger partial charge on any atom is -0.496 e. The van der Waals surface area contributed by atoms with Crippen LogP contribution in [0.2, 0.25) is 5.02 Å². The second-order valence-electron chi connectivity index (χ2n) is 5.07. The molecule has 2 rings (SSSR count). The van der Waals surface area contributed by atoms with Gasteiger partial charge in [-0.15, -0.1) is 0 Å². The summed E-state index contributed by atoms with van der Waals surface area (Å²) in [5.74, 6) is 0.546. The first kappa shape index (κ1) is 15.8. The van der Waals surface area contributed by atoms with E-state index in [1.807, 2.05) is 43.3 Å². The first-order valence-electron chi connectivity index (χ1n) is 6.85. The molecule has 21 heavy (non-hydrogen) atoms. The molecule has 0 radical (unpaired) electrons. The fraction of sp³-hybridized carbons (Fsp3) is 0.294. The van der Waals surface area contributed by atoms with Crippen LogP contribution in [0.4, 0.5) is 0 Å². The Morgan fingerprint density at radius 2 is 1.95 bits per heavy atom. The van der Waals surface area contributed by atoms with Gasteiger partial charge in [-0.25, -0.2) is 0 Å². The van der Waals surface area contributed by atoms with E-state index in [1.165, 1.54) is 0 Å². The standard InChI is InChI=1S/C17H20ClNO2/c1-11-6-7-13(9-16(11)21-2)17(20)15(10-19)12-4-3-5-14(18)8-12/h3-9,15,17,20H,10,19H2,1-2H3. The van der Waals surface area contributed by atoms with E-state index >= 15 is 0 Å². The highest BCUT2D eigenvalue weighted by Crippen LogP contribution is 2.33. The summed E-state index contributed by atoms with van der Waals surface area (Å²) in [5, 5.41) is 11.3. The number of hydrogen-bond donors (Lipinski definition) is 2. The normalized spacial score (nSPS) is 13.8. The number of ether oxygens (including phenoxy) is 1. The first-order valence-corrected chi connectivity index (χ1v) is 7.22. The van der Waals surface area contributed by atoms with Gasteiger partial charge in [0.15, 0.2) is 0 Å². The molecule has 0 aliphatic heterocycles. The number of methoxy groups -OCH3 is 1. The van der Waals surface area contributed by atoms with Crippen LogP contribution >= 0.6 is 11.6 Å². The molecule has 3 N–H and O–H groups in total. The Bertz CT molecular complexity index is 615. The highest BCUT2D eigenvalue weighted by atomic mass is 35.5. The number of aliphatic hydroxyl groups is 1. The first-order chi connectivity index (χ1) is 10.1. The fourth-order valence-electron chi connectivity index (χ4n) is 2.44. The van der Waals surface area contributed by atoms with E-state index in [0.717, 1.165) is 22.4 Å². The maximum Gasteiger partial charge on any atom is 0.122 e. The highest BCUT2D eigenvalue weighted by Gasteiger charge is 2.22. The average Bonchev–Trinajstić information content (AvgIpc) is 2.48. The van der Waals surface area contributed by atoms with Crippen LogP contribution in [-0.4, -0.2) is 18.8 Å². The van der Waals surface area contributed by atoms with Gasteiger partial charge >= 0.3 is 0 Å². The Morgan fingerprint density at radius 1 is 1.19 bits per heavy atom. The third-order valence-electron chi connectivity index (χ3n) is 3.69. The van der Waals surface area contributed by atoms with Crippen LogP contribution in [0.1, 0.15) is 28.7 Å². The molecule has 0 aliphatic rings. The molecule has 112 valence electrons. The number of aliphatic hydroxyl groups excluding tert-OH is 1. The van der Waals surface area contributed by atoms with E-state index in [4.69, 9.17) is 22.1 Å². The van der Waals surface area contributed by atoms with E-state index in [1.54, 1.807) is 13.2 Å². The quantitative estimate of drug-likeness (QED) is 0.890. The van der Waals surface area contributed by atoms with Gasteiger partial charge in [-0.1, -0.05) is 35.9 Å². The van der Waals surface area contributed by atoms with E-state index in [0.29, 0.717) is 11.6 Å². The lowest BCUT2D eigenvalue weighted by atomic mass is 9.89. The molecule has 0 saturated carbocycles. The molecule has 2 unspecified atom stereocenters. The minimum absolute atomic E-state index is 0.212. The van der Waals surface area contributed by atoms with Crippen molar-refractivity contribution >= 4 is 11.6 Å². The van der Waals surface area contributed by atoms with Crippen molar-refractivity contribution in [3.8, 4) is 5.75 Å². The van der Waals surface area contributed by atoms with E-state index < -0.39 is 6.10 Å². The Morgan fingerprint density at radius 3 is 2.57 bits per heavy atom. The molecule has 2 aromatic carbocycles. The molecular formula is C17H20ClNO2. The lowest BCUT2D eigenvalue weighted by Crippen LogP contribution is -2.20. The molecule has 4 heteroatoms. The Labute approximate surface area is 130 Å². The smallest absolute Gasteiger partial charge is 0.122 e. The predicted molar refractivity (Wildman–Crippen MR) is 85.9 cm³/mol. The number of nitrogens with two attached hydrogens (primary N) is 1. The van der Waals surface area contributed by atoms with Crippen LogP contribution in [0, 0.1) is 6.92 Å². The van der Waals surface area contributed by atoms with Crippen LogP contribution in [0.25, 0.3) is 0 Å². The van der Waals surface area contributed by atoms with Gasteiger partial charge in [-0.3, -0.25) is 0 Å². The van der Waals surface area contributed by atoms with Crippen LogP contribution in [0.5, 0.6) is 5.75 Å². The summed E-state index contributed by atoms with van der Waals surface area (Å²) in [6.07, 6.45) is -0.706. The van der Waals surface area contributed by atoms with Gasteiger partial charge < -0.3 is 15.6 Å². The fourth-order valence-corrected chi connectivity index (χ4v) is 2.64. The van der Waals surface area contributed by atoms with Crippen LogP contribution in [0.15, 0.2) is 42.5 Å². The van der Waals surface area contributed by atoms with Gasteiger partial charge in [0.1, 0.15) is 5.75 Å². The molecular weight excluding hydrogens is 286 g/mol. The Hall–Kier alpha value is -1.55. The van der Waals surface area contributed by atoms with Gasteiger partial charge in [0.2, 0.25) is 0 Å². The summed E-state index contributed by atoms with van der Waals surface area (Å²) < 4.78 is 5.31. The number of rotatable bonds is 5. The van der Waals surface area contributed by atoms with Gasteiger partial charge in [0, 0.05) is 17.5 Å². The Kier molecular flexibility index (Phi) is 5.23. The SMILES string of the molecule is COc1cc(C(O)C(CN)c2cccc(Cl)c2)ccc1C. The van der Waals surface area contributed by atoms with E-state index in [9.17, 15) is 5.11 Å². The highest BCUT2D eigenvalue weighted by molar-refractivity contribution is 6.30. The molecule has 3 nitrogen and oxygen atoms in total. The average molecular weight is 306 g/mol. The van der Waals surface area contributed by atoms with Crippen molar-refractivity contribution in [2.24, 2.45) is 5.73 Å². The summed E-state index contributed by atoms with van der Waals surface area (Å²) in [7, 11) is 1.62. The topological polar surface area (TPSA) is 55.5 Å². The van der Waals surface area contributed by atoms with Gasteiger partial charge in [0.25, 0.3) is 0 Å². The van der Waals surface area contributed by atoms with Crippen LogP contribution in [0.3, 0.4) is 0 Å². The van der Waals surface area contributed by atoms with Gasteiger partial charge in [0.05, 0.1) is 13.2 Å². The van der Waals surface area contributed by atoms with E-state index in [-0.39, 0.29) is 5.92 Å². The molecule has 0 saturated heterocycles. The lowest BCUT2D eigenvalue weighted by Gasteiger charge is -2.23.